The molecule has 0 aromatic rings. The van der Waals surface area contributed by atoms with Gasteiger partial charge in [0, 0.05) is 12.2 Å². The van der Waals surface area contributed by atoms with Crippen LogP contribution in [0.25, 0.3) is 0 Å². The van der Waals surface area contributed by atoms with Crippen molar-refractivity contribution in [3.63, 3.8) is 0 Å². The number of rotatable bonds is 5. The number of esters is 4. The fourth-order valence-corrected chi connectivity index (χ4v) is 2.12. The van der Waals surface area contributed by atoms with Crippen molar-refractivity contribution < 1.29 is 53.8 Å². The molecule has 0 spiro atoms. The second kappa shape index (κ2) is 16.5. The van der Waals surface area contributed by atoms with Crippen molar-refractivity contribution in [2.45, 2.75) is 12.8 Å². The summed E-state index contributed by atoms with van der Waals surface area (Å²) in [7, 11) is 0. The molecule has 11 nitrogen and oxygen atoms in total. The fourth-order valence-electron chi connectivity index (χ4n) is 2.12. The second-order valence-corrected chi connectivity index (χ2v) is 5.48. The van der Waals surface area contributed by atoms with E-state index < -0.39 is 11.9 Å². The zero-order valence-corrected chi connectivity index (χ0v) is 15.8. The molecule has 164 valence electrons. The average molecular weight is 418 g/mol. The van der Waals surface area contributed by atoms with Crippen LogP contribution in [0.1, 0.15) is 12.8 Å². The van der Waals surface area contributed by atoms with Gasteiger partial charge in [0.1, 0.15) is 0 Å². The number of fused-ring (bicyclic) bond motifs is 1. The van der Waals surface area contributed by atoms with Gasteiger partial charge in [-0.05, 0) is 12.8 Å². The first-order valence-electron chi connectivity index (χ1n) is 8.76. The molecule has 3 aliphatic rings. The molecule has 2 heterocycles. The van der Waals surface area contributed by atoms with E-state index in [4.69, 9.17) is 20.4 Å². The summed E-state index contributed by atoms with van der Waals surface area (Å²) in [5.41, 5.74) is 0. The van der Waals surface area contributed by atoms with E-state index in [9.17, 15) is 19.2 Å². The minimum atomic E-state index is -0.579. The minimum absolute atomic E-state index is 0.0278. The predicted molar refractivity (Wildman–Crippen MR) is 95.9 cm³/mol. The molecule has 0 aromatic heterocycles. The lowest BCUT2D eigenvalue weighted by Gasteiger charge is -2.12. The van der Waals surface area contributed by atoms with Crippen LogP contribution in [-0.2, 0) is 33.4 Å². The molecule has 0 bridgehead atoms. The Balaban J connectivity index is 0.000000386. The summed E-state index contributed by atoms with van der Waals surface area (Å²) >= 11 is 0. The summed E-state index contributed by atoms with van der Waals surface area (Å²) in [6, 6.07) is 0. The summed E-state index contributed by atoms with van der Waals surface area (Å²) in [6.07, 6.45) is 7.36. The van der Waals surface area contributed by atoms with Crippen LogP contribution in [0.2, 0.25) is 0 Å². The van der Waals surface area contributed by atoms with Crippen LogP contribution in [0.4, 0.5) is 0 Å². The third-order valence-corrected chi connectivity index (χ3v) is 3.37. The second-order valence-electron chi connectivity index (χ2n) is 5.48. The Morgan fingerprint density at radius 2 is 1.14 bits per heavy atom. The zero-order chi connectivity index (χ0) is 22.1. The highest BCUT2D eigenvalue weighted by Crippen LogP contribution is 2.32. The molecule has 11 heteroatoms. The number of aliphatic hydroxyl groups is 4. The third-order valence-electron chi connectivity index (χ3n) is 3.37. The highest BCUT2D eigenvalue weighted by molar-refractivity contribution is 6.04. The Hall–Kier alpha value is -2.44. The van der Waals surface area contributed by atoms with Gasteiger partial charge in [0.05, 0.1) is 51.5 Å². The van der Waals surface area contributed by atoms with Gasteiger partial charge in [-0.25, -0.2) is 9.59 Å². The summed E-state index contributed by atoms with van der Waals surface area (Å²) in [4.78, 5) is 41.7. The quantitative estimate of drug-likeness (QED) is 0.172. The molecular formula is C18H26O11. The van der Waals surface area contributed by atoms with E-state index in [1.165, 1.54) is 0 Å². The monoisotopic (exact) mass is 418 g/mol. The Kier molecular flexibility index (Phi) is 15.1. The van der Waals surface area contributed by atoms with Crippen LogP contribution in [0.5, 0.6) is 0 Å². The SMILES string of the molecule is O=C1C=CC(=O)O1.O=C1OC(=O)C2CC=CCC12.OCCO.OCCOCCO. The van der Waals surface area contributed by atoms with Crippen molar-refractivity contribution in [1.29, 1.82) is 0 Å². The first-order valence-corrected chi connectivity index (χ1v) is 8.76. The Morgan fingerprint density at radius 1 is 0.724 bits per heavy atom. The van der Waals surface area contributed by atoms with Crippen LogP contribution in [-0.4, -0.2) is 83.9 Å². The zero-order valence-electron chi connectivity index (χ0n) is 15.8. The molecule has 4 N–H and O–H groups in total. The largest absolute Gasteiger partial charge is 0.394 e. The van der Waals surface area contributed by atoms with Crippen LogP contribution in [0.3, 0.4) is 0 Å². The molecule has 1 saturated heterocycles. The molecular weight excluding hydrogens is 392 g/mol. The van der Waals surface area contributed by atoms with Gasteiger partial charge < -0.3 is 34.6 Å². The molecule has 0 radical (unpaired) electrons. The lowest BCUT2D eigenvalue weighted by molar-refractivity contribution is -0.154. The number of allylic oxidation sites excluding steroid dienone is 2. The molecule has 1 aliphatic carbocycles. The number of ether oxygens (including phenoxy) is 3. The highest BCUT2D eigenvalue weighted by Gasteiger charge is 2.43. The topological polar surface area (TPSA) is 177 Å². The molecule has 0 amide bonds. The van der Waals surface area contributed by atoms with E-state index >= 15 is 0 Å². The smallest absolute Gasteiger partial charge is 0.338 e. The molecule has 3 rings (SSSR count). The first-order chi connectivity index (χ1) is 13.9. The number of hydrogen-bond donors (Lipinski definition) is 4. The van der Waals surface area contributed by atoms with Crippen LogP contribution in [0.15, 0.2) is 24.3 Å². The molecule has 0 saturated carbocycles. The van der Waals surface area contributed by atoms with Crippen LogP contribution >= 0.6 is 0 Å². The number of cyclic esters (lactones) is 4. The van der Waals surface area contributed by atoms with E-state index in [1.54, 1.807) is 0 Å². The first kappa shape index (κ1) is 26.6. The number of carbonyl (C=O) groups excluding carboxylic acids is 4. The van der Waals surface area contributed by atoms with Crippen LogP contribution in [0, 0.1) is 11.8 Å². The Morgan fingerprint density at radius 3 is 1.41 bits per heavy atom. The van der Waals surface area contributed by atoms with Gasteiger partial charge in [0.25, 0.3) is 0 Å². The maximum absolute atomic E-state index is 10.9. The summed E-state index contributed by atoms with van der Waals surface area (Å²) < 4.78 is 13.1. The Labute approximate surface area is 167 Å². The number of carbonyl (C=O) groups is 4. The average Bonchev–Trinajstić information content (AvgIpc) is 3.25. The summed E-state index contributed by atoms with van der Waals surface area (Å²) in [6.45, 7) is 0.446. The van der Waals surface area contributed by atoms with Crippen molar-refractivity contribution in [3.05, 3.63) is 24.3 Å². The molecule has 2 unspecified atom stereocenters. The number of hydrogen-bond acceptors (Lipinski definition) is 11. The lowest BCUT2D eigenvalue weighted by atomic mass is 9.85. The summed E-state index contributed by atoms with van der Waals surface area (Å²) in [5.74, 6) is -2.22. The van der Waals surface area contributed by atoms with Crippen molar-refractivity contribution in [2.75, 3.05) is 39.6 Å². The molecule has 2 atom stereocenters. The fraction of sp³-hybridized carbons (Fsp3) is 0.556. The van der Waals surface area contributed by atoms with E-state index in [0.29, 0.717) is 26.1 Å². The maximum Gasteiger partial charge on any atom is 0.338 e. The number of aliphatic hydroxyl groups excluding tert-OH is 4. The standard InChI is InChI=1S/C8H8O3.C4H2O3.C4H10O3.C2H6O2/c9-7-5-3-1-2-4-6(5)8(10)11-7;5-3-1-2-4(6)7-3;5-1-3-7-4-2-6;3-1-2-4/h1-2,5-6H,3-4H2;1-2H;5-6H,1-4H2;3-4H,1-2H2. The lowest BCUT2D eigenvalue weighted by Crippen LogP contribution is -2.18. The normalized spacial score (nSPS) is 21.0. The van der Waals surface area contributed by atoms with Gasteiger partial charge in [-0.3, -0.25) is 9.59 Å². The van der Waals surface area contributed by atoms with E-state index in [1.807, 2.05) is 12.2 Å². The van der Waals surface area contributed by atoms with E-state index in [2.05, 4.69) is 14.2 Å². The Bertz CT molecular complexity index is 536. The maximum atomic E-state index is 10.9. The summed E-state index contributed by atoms with van der Waals surface area (Å²) in [5, 5.41) is 31.4. The van der Waals surface area contributed by atoms with Gasteiger partial charge >= 0.3 is 23.9 Å². The van der Waals surface area contributed by atoms with Crippen molar-refractivity contribution in [1.82, 2.24) is 0 Å². The molecule has 1 fully saturated rings. The van der Waals surface area contributed by atoms with Gasteiger partial charge in [0.2, 0.25) is 0 Å². The predicted octanol–water partition coefficient (Wildman–Crippen LogP) is -1.76. The van der Waals surface area contributed by atoms with Gasteiger partial charge in [-0.15, -0.1) is 0 Å². The van der Waals surface area contributed by atoms with E-state index in [-0.39, 0.29) is 50.2 Å². The van der Waals surface area contributed by atoms with E-state index in [0.717, 1.165) is 12.2 Å². The van der Waals surface area contributed by atoms with Crippen molar-refractivity contribution in [2.24, 2.45) is 11.8 Å². The minimum Gasteiger partial charge on any atom is -0.394 e. The third kappa shape index (κ3) is 11.9. The molecule has 2 aliphatic heterocycles. The van der Waals surface area contributed by atoms with Gasteiger partial charge in [-0.1, -0.05) is 12.2 Å². The van der Waals surface area contributed by atoms with Crippen LogP contribution < -0.4 is 0 Å². The van der Waals surface area contributed by atoms with Gasteiger partial charge in [-0.2, -0.15) is 0 Å². The molecule has 0 aromatic carbocycles. The van der Waals surface area contributed by atoms with Crippen molar-refractivity contribution >= 4 is 23.9 Å². The highest BCUT2D eigenvalue weighted by atomic mass is 16.6. The van der Waals surface area contributed by atoms with Crippen molar-refractivity contribution in [3.8, 4) is 0 Å². The molecule has 29 heavy (non-hydrogen) atoms. The van der Waals surface area contributed by atoms with Gasteiger partial charge in [0.15, 0.2) is 0 Å².